The Bertz CT molecular complexity index is 1190. The number of hydrogen-bond donors (Lipinski definition) is 2. The summed E-state index contributed by atoms with van der Waals surface area (Å²) in [7, 11) is -2.24. The molecule has 0 bridgehead atoms. The minimum Gasteiger partial charge on any atom is -0.497 e. The van der Waals surface area contributed by atoms with Gasteiger partial charge in [-0.3, -0.25) is 9.52 Å². The van der Waals surface area contributed by atoms with E-state index in [2.05, 4.69) is 20.0 Å². The largest absolute Gasteiger partial charge is 0.497 e. The van der Waals surface area contributed by atoms with Gasteiger partial charge in [-0.25, -0.2) is 18.4 Å². The van der Waals surface area contributed by atoms with Gasteiger partial charge in [-0.15, -0.1) is 0 Å². The molecule has 3 rings (SSSR count). The van der Waals surface area contributed by atoms with Crippen LogP contribution in [0.25, 0.3) is 6.08 Å². The molecule has 0 saturated carbocycles. The number of aryl methyl sites for hydroxylation is 2. The Morgan fingerprint density at radius 2 is 1.68 bits per heavy atom. The van der Waals surface area contributed by atoms with E-state index in [9.17, 15) is 13.2 Å². The average molecular weight is 439 g/mol. The highest BCUT2D eigenvalue weighted by Crippen LogP contribution is 2.18. The summed E-state index contributed by atoms with van der Waals surface area (Å²) in [6.45, 7) is 3.44. The van der Waals surface area contributed by atoms with Crippen molar-refractivity contribution in [1.29, 1.82) is 0 Å². The molecular weight excluding hydrogens is 416 g/mol. The lowest BCUT2D eigenvalue weighted by atomic mass is 10.2. The molecule has 3 aromatic rings. The second-order valence-electron chi connectivity index (χ2n) is 6.67. The average Bonchev–Trinajstić information content (AvgIpc) is 2.72. The number of anilines is 2. The first-order valence-corrected chi connectivity index (χ1v) is 10.8. The first kappa shape index (κ1) is 22.0. The van der Waals surface area contributed by atoms with Crippen LogP contribution in [0.5, 0.6) is 5.75 Å². The molecular formula is C22H22N4O4S. The van der Waals surface area contributed by atoms with E-state index >= 15 is 0 Å². The maximum atomic E-state index is 12.6. The summed E-state index contributed by atoms with van der Waals surface area (Å²) in [4.78, 5) is 20.4. The van der Waals surface area contributed by atoms with Crippen LogP contribution in [0.1, 0.15) is 17.1 Å². The smallest absolute Gasteiger partial charge is 0.263 e. The molecule has 31 heavy (non-hydrogen) atoms. The van der Waals surface area contributed by atoms with Gasteiger partial charge in [0, 0.05) is 23.5 Å². The summed E-state index contributed by atoms with van der Waals surface area (Å²) in [5.41, 5.74) is 1.97. The first-order valence-electron chi connectivity index (χ1n) is 9.33. The first-order chi connectivity index (χ1) is 14.7. The van der Waals surface area contributed by atoms with Crippen LogP contribution < -0.4 is 14.8 Å². The van der Waals surface area contributed by atoms with Gasteiger partial charge in [-0.1, -0.05) is 12.1 Å². The molecule has 2 N–H and O–H groups in total. The van der Waals surface area contributed by atoms with Crippen molar-refractivity contribution in [3.05, 3.63) is 77.8 Å². The van der Waals surface area contributed by atoms with Gasteiger partial charge in [0.25, 0.3) is 10.0 Å². The van der Waals surface area contributed by atoms with E-state index < -0.39 is 10.0 Å². The van der Waals surface area contributed by atoms with Gasteiger partial charge in [0.15, 0.2) is 0 Å². The maximum Gasteiger partial charge on any atom is 0.263 e. The molecule has 0 radical (unpaired) electrons. The lowest BCUT2D eigenvalue weighted by Crippen LogP contribution is -2.15. The third-order valence-corrected chi connectivity index (χ3v) is 5.55. The normalized spacial score (nSPS) is 11.3. The lowest BCUT2D eigenvalue weighted by molar-refractivity contribution is -0.111. The zero-order chi connectivity index (χ0) is 22.4. The van der Waals surface area contributed by atoms with Crippen molar-refractivity contribution in [2.45, 2.75) is 18.7 Å². The number of nitrogens with one attached hydrogen (secondary N) is 2. The number of benzene rings is 2. The van der Waals surface area contributed by atoms with Crippen molar-refractivity contribution in [3.63, 3.8) is 0 Å². The summed E-state index contributed by atoms with van der Waals surface area (Å²) in [5.74, 6) is 1.07. The fourth-order valence-electron chi connectivity index (χ4n) is 2.75. The standard InChI is InChI=1S/C22H22N4O4S/c1-15-14-21(24-16(2)23-15)26-31(28,29)20-11-7-18(8-12-20)25-22(27)13-6-17-4-9-19(30-3)10-5-17/h4-14H,1-3H3,(H,25,27)(H,23,24,26)/b13-6+. The van der Waals surface area contributed by atoms with Gasteiger partial charge in [0.2, 0.25) is 5.91 Å². The fraction of sp³-hybridized carbons (Fsp3) is 0.136. The third kappa shape index (κ3) is 6.13. The number of hydrogen-bond acceptors (Lipinski definition) is 6. The molecule has 2 aromatic carbocycles. The second kappa shape index (κ2) is 9.40. The molecule has 0 aliphatic rings. The summed E-state index contributed by atoms with van der Waals surface area (Å²) in [6, 6.07) is 14.7. The highest BCUT2D eigenvalue weighted by molar-refractivity contribution is 7.92. The molecule has 160 valence electrons. The number of amides is 1. The lowest BCUT2D eigenvalue weighted by Gasteiger charge is -2.09. The number of ether oxygens (including phenoxy) is 1. The summed E-state index contributed by atoms with van der Waals surface area (Å²) in [6.07, 6.45) is 3.07. The molecule has 8 nitrogen and oxygen atoms in total. The van der Waals surface area contributed by atoms with E-state index in [1.807, 2.05) is 12.1 Å². The predicted octanol–water partition coefficient (Wildman–Crippen LogP) is 3.55. The number of nitrogens with zero attached hydrogens (tertiary/aromatic N) is 2. The molecule has 9 heteroatoms. The van der Waals surface area contributed by atoms with Crippen LogP contribution in [0, 0.1) is 13.8 Å². The Hall–Kier alpha value is -3.72. The van der Waals surface area contributed by atoms with Crippen molar-refractivity contribution in [2.24, 2.45) is 0 Å². The van der Waals surface area contributed by atoms with Gasteiger partial charge in [0.05, 0.1) is 12.0 Å². The van der Waals surface area contributed by atoms with E-state index in [-0.39, 0.29) is 16.6 Å². The molecule has 1 amide bonds. The van der Waals surface area contributed by atoms with E-state index in [0.717, 1.165) is 11.3 Å². The quantitative estimate of drug-likeness (QED) is 0.546. The molecule has 0 fully saturated rings. The second-order valence-corrected chi connectivity index (χ2v) is 8.35. The summed E-state index contributed by atoms with van der Waals surface area (Å²) >= 11 is 0. The monoisotopic (exact) mass is 438 g/mol. The van der Waals surface area contributed by atoms with Crippen LogP contribution in [0.4, 0.5) is 11.5 Å². The Balaban J connectivity index is 1.64. The Kier molecular flexibility index (Phi) is 6.66. The van der Waals surface area contributed by atoms with E-state index in [1.165, 1.54) is 30.3 Å². The molecule has 0 atom stereocenters. The fourth-order valence-corrected chi connectivity index (χ4v) is 3.75. The minimum absolute atomic E-state index is 0.0493. The summed E-state index contributed by atoms with van der Waals surface area (Å²) in [5, 5.41) is 2.69. The third-order valence-electron chi connectivity index (χ3n) is 4.18. The molecule has 0 aliphatic carbocycles. The van der Waals surface area contributed by atoms with Crippen molar-refractivity contribution >= 4 is 33.5 Å². The summed E-state index contributed by atoms with van der Waals surface area (Å²) < 4.78 is 32.7. The van der Waals surface area contributed by atoms with Gasteiger partial charge >= 0.3 is 0 Å². The van der Waals surface area contributed by atoms with Crippen LogP contribution in [-0.2, 0) is 14.8 Å². The van der Waals surface area contributed by atoms with Crippen LogP contribution in [-0.4, -0.2) is 31.4 Å². The topological polar surface area (TPSA) is 110 Å². The van der Waals surface area contributed by atoms with Crippen molar-refractivity contribution in [2.75, 3.05) is 17.1 Å². The van der Waals surface area contributed by atoms with E-state index in [1.54, 1.807) is 45.2 Å². The van der Waals surface area contributed by atoms with E-state index in [4.69, 9.17) is 4.74 Å². The predicted molar refractivity (Wildman–Crippen MR) is 119 cm³/mol. The number of carbonyl (C=O) groups is 1. The molecule has 0 aliphatic heterocycles. The number of sulfonamides is 1. The number of carbonyl (C=O) groups excluding carboxylic acids is 1. The van der Waals surface area contributed by atoms with Crippen LogP contribution in [0.15, 0.2) is 65.6 Å². The van der Waals surface area contributed by atoms with Crippen LogP contribution in [0.3, 0.4) is 0 Å². The molecule has 1 aromatic heterocycles. The highest BCUT2D eigenvalue weighted by atomic mass is 32.2. The zero-order valence-electron chi connectivity index (χ0n) is 17.3. The number of rotatable bonds is 7. The molecule has 0 unspecified atom stereocenters. The Labute approximate surface area is 181 Å². The van der Waals surface area contributed by atoms with Gasteiger partial charge in [-0.2, -0.15) is 0 Å². The number of aromatic nitrogens is 2. The Morgan fingerprint density at radius 1 is 1.00 bits per heavy atom. The molecule has 0 saturated heterocycles. The minimum atomic E-state index is -3.82. The Morgan fingerprint density at radius 3 is 2.29 bits per heavy atom. The van der Waals surface area contributed by atoms with Gasteiger partial charge in [0.1, 0.15) is 17.4 Å². The van der Waals surface area contributed by atoms with E-state index in [0.29, 0.717) is 17.2 Å². The van der Waals surface area contributed by atoms with Gasteiger partial charge < -0.3 is 10.1 Å². The van der Waals surface area contributed by atoms with Crippen molar-refractivity contribution < 1.29 is 17.9 Å². The maximum absolute atomic E-state index is 12.6. The number of methoxy groups -OCH3 is 1. The molecule has 1 heterocycles. The van der Waals surface area contributed by atoms with Crippen LogP contribution >= 0.6 is 0 Å². The van der Waals surface area contributed by atoms with Crippen LogP contribution in [0.2, 0.25) is 0 Å². The highest BCUT2D eigenvalue weighted by Gasteiger charge is 2.15. The van der Waals surface area contributed by atoms with Crippen molar-refractivity contribution in [3.8, 4) is 5.75 Å². The zero-order valence-corrected chi connectivity index (χ0v) is 18.1. The molecule has 0 spiro atoms. The van der Waals surface area contributed by atoms with Gasteiger partial charge in [-0.05, 0) is 61.9 Å². The van der Waals surface area contributed by atoms with Crippen molar-refractivity contribution in [1.82, 2.24) is 9.97 Å². The SMILES string of the molecule is COc1ccc(/C=C/C(=O)Nc2ccc(S(=O)(=O)Nc3cc(C)nc(C)n3)cc2)cc1.